The van der Waals surface area contributed by atoms with Crippen LogP contribution in [-0.2, 0) is 17.5 Å². The Hall–Kier alpha value is -3.04. The van der Waals surface area contributed by atoms with E-state index in [0.29, 0.717) is 18.7 Å². The van der Waals surface area contributed by atoms with Crippen LogP contribution < -0.4 is 0 Å². The number of nitrogens with zero attached hydrogens (tertiary/aromatic N) is 2. The van der Waals surface area contributed by atoms with Crippen LogP contribution in [0.25, 0.3) is 0 Å². The zero-order valence-corrected chi connectivity index (χ0v) is 16.3. The van der Waals surface area contributed by atoms with Gasteiger partial charge in [0.2, 0.25) is 0 Å². The van der Waals surface area contributed by atoms with Crippen molar-refractivity contribution in [3.05, 3.63) is 64.0 Å². The van der Waals surface area contributed by atoms with Crippen LogP contribution in [0, 0.1) is 24.4 Å². The largest absolute Gasteiger partial charge is 0.457 e. The van der Waals surface area contributed by atoms with Gasteiger partial charge in [-0.15, -0.1) is 0 Å². The molecule has 4 nitrogen and oxygen atoms in total. The van der Waals surface area contributed by atoms with E-state index in [1.807, 2.05) is 0 Å². The molecule has 2 aromatic rings. The van der Waals surface area contributed by atoms with Crippen LogP contribution in [0.2, 0.25) is 0 Å². The van der Waals surface area contributed by atoms with Crippen molar-refractivity contribution < 1.29 is 35.9 Å². The lowest BCUT2D eigenvalue weighted by Gasteiger charge is -2.17. The highest BCUT2D eigenvalue weighted by atomic mass is 19.4. The fourth-order valence-corrected chi connectivity index (χ4v) is 2.55. The number of ether oxygens (including phenoxy) is 1. The van der Waals surface area contributed by atoms with E-state index in [4.69, 9.17) is 4.74 Å². The molecule has 0 N–H and O–H groups in total. The Morgan fingerprint density at radius 1 is 1.17 bits per heavy atom. The van der Waals surface area contributed by atoms with Gasteiger partial charge in [0.25, 0.3) is 0 Å². The van der Waals surface area contributed by atoms with Gasteiger partial charge >= 0.3 is 12.1 Å². The minimum Gasteiger partial charge on any atom is -0.457 e. The second-order valence-corrected chi connectivity index (χ2v) is 6.37. The summed E-state index contributed by atoms with van der Waals surface area (Å²) in [5, 5.41) is 0. The van der Waals surface area contributed by atoms with E-state index < -0.39 is 64.1 Å². The third-order valence-electron chi connectivity index (χ3n) is 4.29. The average molecular weight is 432 g/mol. The lowest BCUT2D eigenvalue weighted by atomic mass is 10.00. The second-order valence-electron chi connectivity index (χ2n) is 6.37. The number of alkyl halides is 3. The van der Waals surface area contributed by atoms with Crippen molar-refractivity contribution in [2.45, 2.75) is 26.6 Å². The lowest BCUT2D eigenvalue weighted by Crippen LogP contribution is -2.16. The molecule has 0 aliphatic rings. The third kappa shape index (κ3) is 5.31. The Labute approximate surface area is 168 Å². The zero-order valence-electron chi connectivity index (χ0n) is 16.3. The number of benzene rings is 2. The number of halogens is 6. The SMILES string of the molecule is CCN(C)/C=N/c1ccc(C(=O)OCc2c(F)cc(F)cc2F)c(C)c1C(F)(F)F. The minimum absolute atomic E-state index is 0.396. The van der Waals surface area contributed by atoms with E-state index >= 15 is 0 Å². The van der Waals surface area contributed by atoms with E-state index in [1.54, 1.807) is 18.9 Å². The van der Waals surface area contributed by atoms with Crippen LogP contribution in [-0.4, -0.2) is 30.8 Å². The smallest absolute Gasteiger partial charge is 0.418 e. The Kier molecular flexibility index (Phi) is 7.12. The average Bonchev–Trinajstić information content (AvgIpc) is 2.63. The quantitative estimate of drug-likeness (QED) is 0.266. The van der Waals surface area contributed by atoms with E-state index in [1.165, 1.54) is 6.34 Å². The molecule has 0 spiro atoms. The molecule has 0 saturated heterocycles. The molecule has 0 heterocycles. The molecule has 0 aromatic heterocycles. The summed E-state index contributed by atoms with van der Waals surface area (Å²) in [7, 11) is 1.63. The molecule has 0 radical (unpaired) electrons. The van der Waals surface area contributed by atoms with Gasteiger partial charge in [-0.05, 0) is 31.5 Å². The van der Waals surface area contributed by atoms with Gasteiger partial charge in [0, 0.05) is 25.7 Å². The Morgan fingerprint density at radius 3 is 2.30 bits per heavy atom. The molecule has 10 heteroatoms. The van der Waals surface area contributed by atoms with E-state index in [9.17, 15) is 31.1 Å². The van der Waals surface area contributed by atoms with Crippen molar-refractivity contribution in [3.63, 3.8) is 0 Å². The number of esters is 1. The molecular formula is C20H18F6N2O2. The maximum atomic E-state index is 13.7. The van der Waals surface area contributed by atoms with Gasteiger partial charge in [0.1, 0.15) is 24.1 Å². The van der Waals surface area contributed by atoms with Crippen LogP contribution in [0.1, 0.15) is 34.0 Å². The number of aliphatic imine (C=N–C) groups is 1. The Morgan fingerprint density at radius 2 is 1.77 bits per heavy atom. The molecule has 0 aliphatic heterocycles. The molecule has 0 saturated carbocycles. The van der Waals surface area contributed by atoms with Crippen LogP contribution in [0.4, 0.5) is 32.0 Å². The fourth-order valence-electron chi connectivity index (χ4n) is 2.55. The van der Waals surface area contributed by atoms with Crippen molar-refractivity contribution in [2.24, 2.45) is 4.99 Å². The van der Waals surface area contributed by atoms with Gasteiger partial charge in [-0.2, -0.15) is 13.2 Å². The summed E-state index contributed by atoms with van der Waals surface area (Å²) in [6.45, 7) is 2.46. The summed E-state index contributed by atoms with van der Waals surface area (Å²) in [6.07, 6.45) is -3.59. The number of hydrogen-bond donors (Lipinski definition) is 0. The first-order chi connectivity index (χ1) is 14.0. The molecule has 30 heavy (non-hydrogen) atoms. The predicted octanol–water partition coefficient (Wildman–Crippen LogP) is 5.40. The summed E-state index contributed by atoms with van der Waals surface area (Å²) >= 11 is 0. The van der Waals surface area contributed by atoms with E-state index in [0.717, 1.165) is 19.1 Å². The standard InChI is InChI=1S/C20H18F6N2O2/c1-4-28(3)10-27-17-6-5-13(11(2)18(17)20(24,25)26)19(29)30-9-14-15(22)7-12(21)8-16(14)23/h5-8,10H,4,9H2,1-3H3/b27-10+. The molecular weight excluding hydrogens is 414 g/mol. The third-order valence-corrected chi connectivity index (χ3v) is 4.29. The highest BCUT2D eigenvalue weighted by molar-refractivity contribution is 5.92. The predicted molar refractivity (Wildman–Crippen MR) is 98.1 cm³/mol. The molecule has 0 bridgehead atoms. The maximum absolute atomic E-state index is 13.7. The van der Waals surface area contributed by atoms with Crippen LogP contribution in [0.5, 0.6) is 0 Å². The van der Waals surface area contributed by atoms with Gasteiger partial charge < -0.3 is 9.64 Å². The van der Waals surface area contributed by atoms with Gasteiger partial charge in [0.05, 0.1) is 28.7 Å². The van der Waals surface area contributed by atoms with Crippen molar-refractivity contribution in [1.82, 2.24) is 4.90 Å². The van der Waals surface area contributed by atoms with Gasteiger partial charge in [-0.1, -0.05) is 0 Å². The fraction of sp³-hybridized carbons (Fsp3) is 0.300. The van der Waals surface area contributed by atoms with Gasteiger partial charge in [0.15, 0.2) is 0 Å². The van der Waals surface area contributed by atoms with Crippen molar-refractivity contribution >= 4 is 18.0 Å². The molecule has 162 valence electrons. The number of carbonyl (C=O) groups is 1. The molecule has 0 amide bonds. The van der Waals surface area contributed by atoms with Crippen LogP contribution in [0.3, 0.4) is 0 Å². The highest BCUT2D eigenvalue weighted by Gasteiger charge is 2.37. The summed E-state index contributed by atoms with van der Waals surface area (Å²) in [6, 6.07) is 2.90. The zero-order chi connectivity index (χ0) is 22.6. The first-order valence-electron chi connectivity index (χ1n) is 8.71. The van der Waals surface area contributed by atoms with Gasteiger partial charge in [-0.25, -0.2) is 23.0 Å². The first-order valence-corrected chi connectivity index (χ1v) is 8.71. The molecule has 0 aliphatic carbocycles. The van der Waals surface area contributed by atoms with Crippen molar-refractivity contribution in [1.29, 1.82) is 0 Å². The summed E-state index contributed by atoms with van der Waals surface area (Å²) in [5.74, 6) is -4.94. The Bertz CT molecular complexity index is 949. The summed E-state index contributed by atoms with van der Waals surface area (Å²) < 4.78 is 85.8. The maximum Gasteiger partial charge on any atom is 0.418 e. The molecule has 2 aromatic carbocycles. The Balaban J connectivity index is 2.35. The van der Waals surface area contributed by atoms with Crippen molar-refractivity contribution in [2.75, 3.05) is 13.6 Å². The van der Waals surface area contributed by atoms with Crippen LogP contribution in [0.15, 0.2) is 29.3 Å². The monoisotopic (exact) mass is 432 g/mol. The molecule has 2 rings (SSSR count). The summed E-state index contributed by atoms with van der Waals surface area (Å²) in [4.78, 5) is 17.7. The van der Waals surface area contributed by atoms with E-state index in [2.05, 4.69) is 4.99 Å². The minimum atomic E-state index is -4.81. The highest BCUT2D eigenvalue weighted by Crippen LogP contribution is 2.40. The number of carbonyl (C=O) groups excluding carboxylic acids is 1. The molecule has 0 fully saturated rings. The first kappa shape index (κ1) is 23.2. The topological polar surface area (TPSA) is 41.9 Å². The second kappa shape index (κ2) is 9.19. The van der Waals surface area contributed by atoms with Crippen molar-refractivity contribution in [3.8, 4) is 0 Å². The summed E-state index contributed by atoms with van der Waals surface area (Å²) in [5.41, 5.74) is -3.12. The normalized spacial score (nSPS) is 11.8. The van der Waals surface area contributed by atoms with E-state index in [-0.39, 0.29) is 0 Å². The molecule has 0 atom stereocenters. The number of hydrogen-bond acceptors (Lipinski definition) is 3. The number of rotatable bonds is 6. The van der Waals surface area contributed by atoms with Gasteiger partial charge in [-0.3, -0.25) is 0 Å². The molecule has 0 unspecified atom stereocenters. The lowest BCUT2D eigenvalue weighted by molar-refractivity contribution is -0.137. The van der Waals surface area contributed by atoms with Crippen LogP contribution >= 0.6 is 0 Å².